The third kappa shape index (κ3) is 2.38. The van der Waals surface area contributed by atoms with Crippen molar-refractivity contribution in [1.82, 2.24) is 0 Å². The summed E-state index contributed by atoms with van der Waals surface area (Å²) in [6.07, 6.45) is 0. The molecule has 0 atom stereocenters. The molecular weight excluding hydrogens is 344 g/mol. The molecule has 1 aliphatic heterocycles. The number of hydrogen-bond donors (Lipinski definition) is 1. The van der Waals surface area contributed by atoms with Gasteiger partial charge in [-0.15, -0.1) is 0 Å². The van der Waals surface area contributed by atoms with Gasteiger partial charge in [-0.2, -0.15) is 0 Å². The van der Waals surface area contributed by atoms with Crippen molar-refractivity contribution in [2.24, 2.45) is 5.16 Å². The Morgan fingerprint density at radius 2 is 1.63 bits per heavy atom. The van der Waals surface area contributed by atoms with Crippen molar-refractivity contribution in [3.63, 3.8) is 0 Å². The van der Waals surface area contributed by atoms with Crippen LogP contribution in [0.1, 0.15) is 33.2 Å². The minimum atomic E-state index is -0.372. The van der Waals surface area contributed by atoms with E-state index >= 15 is 0 Å². The summed E-state index contributed by atoms with van der Waals surface area (Å²) in [5.41, 5.74) is 2.29. The SMILES string of the molecule is COc1ccc(/C(C)=N/O)c2cccc(N3C(=O)c4ccccc4C3=O)c12. The van der Waals surface area contributed by atoms with Crippen LogP contribution in [0.2, 0.25) is 0 Å². The fraction of sp³-hybridized carbons (Fsp3) is 0.0952. The predicted molar refractivity (Wildman–Crippen MR) is 102 cm³/mol. The third-order valence-electron chi connectivity index (χ3n) is 4.78. The number of carbonyl (C=O) groups is 2. The fourth-order valence-corrected chi connectivity index (χ4v) is 3.49. The van der Waals surface area contributed by atoms with Crippen molar-refractivity contribution in [1.29, 1.82) is 0 Å². The maximum atomic E-state index is 12.9. The van der Waals surface area contributed by atoms with Gasteiger partial charge in [-0.05, 0) is 42.6 Å². The second-order valence-corrected chi connectivity index (χ2v) is 6.19. The van der Waals surface area contributed by atoms with Gasteiger partial charge in [0.1, 0.15) is 5.75 Å². The normalized spacial score (nSPS) is 14.0. The van der Waals surface area contributed by atoms with Crippen LogP contribution in [0.3, 0.4) is 0 Å². The number of hydrogen-bond acceptors (Lipinski definition) is 5. The largest absolute Gasteiger partial charge is 0.496 e. The molecule has 0 bridgehead atoms. The molecule has 1 N–H and O–H groups in total. The van der Waals surface area contributed by atoms with E-state index in [1.807, 2.05) is 6.07 Å². The lowest BCUT2D eigenvalue weighted by Crippen LogP contribution is -2.29. The standard InChI is InChI=1S/C21H16N2O4/c1-12(22-26)13-10-11-18(27-2)19-14(13)8-5-9-17(19)23-20(24)15-6-3-4-7-16(15)21(23)25/h3-11,26H,1-2H3/b22-12+. The molecule has 3 aromatic rings. The van der Waals surface area contributed by atoms with E-state index in [1.165, 1.54) is 12.0 Å². The molecule has 0 unspecified atom stereocenters. The second kappa shape index (κ2) is 6.25. The van der Waals surface area contributed by atoms with Crippen LogP contribution in [0.4, 0.5) is 5.69 Å². The monoisotopic (exact) mass is 360 g/mol. The zero-order valence-electron chi connectivity index (χ0n) is 14.8. The molecule has 134 valence electrons. The molecule has 0 saturated carbocycles. The molecule has 6 nitrogen and oxygen atoms in total. The van der Waals surface area contributed by atoms with Gasteiger partial charge in [0.25, 0.3) is 11.8 Å². The second-order valence-electron chi connectivity index (χ2n) is 6.19. The number of rotatable bonds is 3. The van der Waals surface area contributed by atoms with Gasteiger partial charge in [0.2, 0.25) is 0 Å². The van der Waals surface area contributed by atoms with Gasteiger partial charge in [-0.25, -0.2) is 4.90 Å². The molecule has 0 saturated heterocycles. The average molecular weight is 360 g/mol. The first kappa shape index (κ1) is 16.8. The molecule has 0 fully saturated rings. The average Bonchev–Trinajstić information content (AvgIpc) is 2.96. The topological polar surface area (TPSA) is 79.2 Å². The first-order valence-corrected chi connectivity index (χ1v) is 8.35. The van der Waals surface area contributed by atoms with Crippen LogP contribution in [0, 0.1) is 0 Å². The zero-order valence-corrected chi connectivity index (χ0v) is 14.8. The minimum absolute atomic E-state index is 0.372. The number of ether oxygens (including phenoxy) is 1. The van der Waals surface area contributed by atoms with E-state index in [4.69, 9.17) is 4.74 Å². The maximum Gasteiger partial charge on any atom is 0.266 e. The number of nitrogens with zero attached hydrogens (tertiary/aromatic N) is 2. The highest BCUT2D eigenvalue weighted by Crippen LogP contribution is 2.39. The van der Waals surface area contributed by atoms with Crippen molar-refractivity contribution in [2.75, 3.05) is 12.0 Å². The van der Waals surface area contributed by atoms with Gasteiger partial charge in [0, 0.05) is 10.9 Å². The Hall–Kier alpha value is -3.67. The van der Waals surface area contributed by atoms with Gasteiger partial charge >= 0.3 is 0 Å². The van der Waals surface area contributed by atoms with Gasteiger partial charge in [-0.1, -0.05) is 29.4 Å². The highest BCUT2D eigenvalue weighted by molar-refractivity contribution is 6.36. The number of oxime groups is 1. The molecule has 0 aliphatic carbocycles. The molecule has 3 aromatic carbocycles. The van der Waals surface area contributed by atoms with Crippen LogP contribution in [0.25, 0.3) is 10.8 Å². The summed E-state index contributed by atoms with van der Waals surface area (Å²) in [5, 5.41) is 13.8. The lowest BCUT2D eigenvalue weighted by molar-refractivity contribution is 0.0926. The Balaban J connectivity index is 2.02. The summed E-state index contributed by atoms with van der Waals surface area (Å²) in [6, 6.07) is 15.6. The van der Waals surface area contributed by atoms with Gasteiger partial charge in [0.05, 0.1) is 29.6 Å². The summed E-state index contributed by atoms with van der Waals surface area (Å²) < 4.78 is 5.49. The third-order valence-corrected chi connectivity index (χ3v) is 4.78. The molecule has 0 radical (unpaired) electrons. The zero-order chi connectivity index (χ0) is 19.1. The molecular formula is C21H16N2O4. The van der Waals surface area contributed by atoms with Crippen molar-refractivity contribution >= 4 is 34.0 Å². The molecule has 1 heterocycles. The first-order chi connectivity index (χ1) is 13.1. The molecule has 27 heavy (non-hydrogen) atoms. The highest BCUT2D eigenvalue weighted by atomic mass is 16.5. The number of imide groups is 1. The summed E-state index contributed by atoms with van der Waals surface area (Å²) in [5.74, 6) is -0.224. The Bertz CT molecular complexity index is 1100. The summed E-state index contributed by atoms with van der Waals surface area (Å²) in [7, 11) is 1.53. The quantitative estimate of drug-likeness (QED) is 0.333. The number of amides is 2. The van der Waals surface area contributed by atoms with E-state index < -0.39 is 0 Å². The van der Waals surface area contributed by atoms with Crippen LogP contribution in [-0.4, -0.2) is 29.8 Å². The Morgan fingerprint density at radius 3 is 2.22 bits per heavy atom. The van der Waals surface area contributed by atoms with Gasteiger partial charge in [0.15, 0.2) is 0 Å². The van der Waals surface area contributed by atoms with E-state index in [-0.39, 0.29) is 11.8 Å². The van der Waals surface area contributed by atoms with E-state index in [0.29, 0.717) is 39.2 Å². The van der Waals surface area contributed by atoms with Crippen LogP contribution in [0.5, 0.6) is 5.75 Å². The molecule has 6 heteroatoms. The van der Waals surface area contributed by atoms with Crippen molar-refractivity contribution in [3.05, 3.63) is 71.3 Å². The number of fused-ring (bicyclic) bond motifs is 2. The fourth-order valence-electron chi connectivity index (χ4n) is 3.49. The Kier molecular flexibility index (Phi) is 3.88. The predicted octanol–water partition coefficient (Wildman–Crippen LogP) is 3.85. The minimum Gasteiger partial charge on any atom is -0.496 e. The van der Waals surface area contributed by atoms with Crippen LogP contribution >= 0.6 is 0 Å². The Labute approximate surface area is 155 Å². The van der Waals surface area contributed by atoms with Crippen LogP contribution in [0.15, 0.2) is 59.8 Å². The van der Waals surface area contributed by atoms with E-state index in [2.05, 4.69) is 5.16 Å². The number of carbonyl (C=O) groups excluding carboxylic acids is 2. The van der Waals surface area contributed by atoms with E-state index in [9.17, 15) is 14.8 Å². The molecule has 2 amide bonds. The van der Waals surface area contributed by atoms with Crippen molar-refractivity contribution in [3.8, 4) is 5.75 Å². The van der Waals surface area contributed by atoms with Gasteiger partial charge in [-0.3, -0.25) is 9.59 Å². The molecule has 0 aromatic heterocycles. The van der Waals surface area contributed by atoms with E-state index in [1.54, 1.807) is 55.5 Å². The lowest BCUT2D eigenvalue weighted by atomic mass is 9.99. The molecule has 1 aliphatic rings. The van der Waals surface area contributed by atoms with Crippen LogP contribution in [-0.2, 0) is 0 Å². The number of methoxy groups -OCH3 is 1. The summed E-state index contributed by atoms with van der Waals surface area (Å²) >= 11 is 0. The molecule has 4 rings (SSSR count). The van der Waals surface area contributed by atoms with Gasteiger partial charge < -0.3 is 9.94 Å². The first-order valence-electron chi connectivity index (χ1n) is 8.35. The smallest absolute Gasteiger partial charge is 0.266 e. The summed E-state index contributed by atoms with van der Waals surface area (Å²) in [6.45, 7) is 1.68. The van der Waals surface area contributed by atoms with Crippen molar-refractivity contribution < 1.29 is 19.5 Å². The highest BCUT2D eigenvalue weighted by Gasteiger charge is 2.37. The van der Waals surface area contributed by atoms with E-state index in [0.717, 1.165) is 5.39 Å². The number of anilines is 1. The Morgan fingerprint density at radius 1 is 0.963 bits per heavy atom. The number of benzene rings is 3. The summed E-state index contributed by atoms with van der Waals surface area (Å²) in [4.78, 5) is 27.0. The molecule has 0 spiro atoms. The lowest BCUT2D eigenvalue weighted by Gasteiger charge is -2.19. The maximum absolute atomic E-state index is 12.9. The van der Waals surface area contributed by atoms with Crippen LogP contribution < -0.4 is 9.64 Å². The van der Waals surface area contributed by atoms with Crippen molar-refractivity contribution in [2.45, 2.75) is 6.92 Å².